The highest BCUT2D eigenvalue weighted by atomic mass is 16.3. The van der Waals surface area contributed by atoms with Crippen molar-refractivity contribution in [3.05, 3.63) is 35.4 Å². The molecule has 0 unspecified atom stereocenters. The summed E-state index contributed by atoms with van der Waals surface area (Å²) in [5.74, 6) is -0.144. The lowest BCUT2D eigenvalue weighted by Crippen LogP contribution is -2.39. The second-order valence-electron chi connectivity index (χ2n) is 3.76. The molecule has 0 radical (unpaired) electrons. The van der Waals surface area contributed by atoms with Crippen LogP contribution in [0.3, 0.4) is 0 Å². The molecule has 68 valence electrons. The van der Waals surface area contributed by atoms with Gasteiger partial charge in [-0.15, -0.1) is 0 Å². The van der Waals surface area contributed by atoms with E-state index in [9.17, 15) is 9.90 Å². The van der Waals surface area contributed by atoms with E-state index in [1.807, 2.05) is 18.2 Å². The zero-order valence-electron chi connectivity index (χ0n) is 7.58. The normalized spacial score (nSPS) is 27.1. The third-order valence-electron chi connectivity index (χ3n) is 2.63. The van der Waals surface area contributed by atoms with Gasteiger partial charge >= 0.3 is 0 Å². The van der Waals surface area contributed by atoms with Gasteiger partial charge in [0.25, 0.3) is 0 Å². The highest BCUT2D eigenvalue weighted by Gasteiger charge is 2.35. The average molecular weight is 176 g/mol. The summed E-state index contributed by atoms with van der Waals surface area (Å²) < 4.78 is 0. The van der Waals surface area contributed by atoms with Gasteiger partial charge < -0.3 is 5.11 Å². The Morgan fingerprint density at radius 1 is 1.38 bits per heavy atom. The summed E-state index contributed by atoms with van der Waals surface area (Å²) in [5, 5.41) is 9.74. The van der Waals surface area contributed by atoms with Crippen molar-refractivity contribution in [3.63, 3.8) is 0 Å². The molecule has 1 atom stereocenters. The maximum Gasteiger partial charge on any atom is 0.194 e. The maximum absolute atomic E-state index is 11.7. The summed E-state index contributed by atoms with van der Waals surface area (Å²) in [6.45, 7) is 1.59. The number of ketones is 1. The van der Waals surface area contributed by atoms with Crippen LogP contribution in [0.15, 0.2) is 24.3 Å². The van der Waals surface area contributed by atoms with E-state index in [2.05, 4.69) is 0 Å². The summed E-state index contributed by atoms with van der Waals surface area (Å²) in [6.07, 6.45) is 1.32. The number of rotatable bonds is 0. The van der Waals surface area contributed by atoms with E-state index in [0.717, 1.165) is 12.0 Å². The van der Waals surface area contributed by atoms with Crippen LogP contribution in [-0.4, -0.2) is 16.5 Å². The van der Waals surface area contributed by atoms with Gasteiger partial charge in [0, 0.05) is 5.56 Å². The first-order chi connectivity index (χ1) is 6.11. The fourth-order valence-electron chi connectivity index (χ4n) is 1.74. The molecule has 1 aliphatic rings. The first-order valence-electron chi connectivity index (χ1n) is 4.46. The molecule has 1 aromatic carbocycles. The van der Waals surface area contributed by atoms with Gasteiger partial charge in [0.1, 0.15) is 5.60 Å². The van der Waals surface area contributed by atoms with Crippen molar-refractivity contribution >= 4 is 5.78 Å². The first kappa shape index (κ1) is 8.45. The molecule has 0 bridgehead atoms. The Balaban J connectivity index is 2.52. The number of hydrogen-bond donors (Lipinski definition) is 1. The highest BCUT2D eigenvalue weighted by molar-refractivity contribution is 6.04. The van der Waals surface area contributed by atoms with Crippen LogP contribution in [-0.2, 0) is 6.42 Å². The van der Waals surface area contributed by atoms with Gasteiger partial charge in [-0.3, -0.25) is 4.79 Å². The molecule has 0 amide bonds. The second-order valence-corrected chi connectivity index (χ2v) is 3.76. The Labute approximate surface area is 77.2 Å². The van der Waals surface area contributed by atoms with Crippen LogP contribution < -0.4 is 0 Å². The van der Waals surface area contributed by atoms with E-state index < -0.39 is 5.60 Å². The Morgan fingerprint density at radius 2 is 2.08 bits per heavy atom. The van der Waals surface area contributed by atoms with Crippen LogP contribution in [0.4, 0.5) is 0 Å². The average Bonchev–Trinajstić information content (AvgIpc) is 2.13. The standard InChI is InChI=1S/C11H12O2/c1-11(13)7-6-8-4-2-3-5-9(8)10(11)12/h2-5,13H,6-7H2,1H3/t11-/m0/s1. The summed E-state index contributed by atoms with van der Waals surface area (Å²) in [4.78, 5) is 11.7. The molecule has 0 aromatic heterocycles. The van der Waals surface area contributed by atoms with Crippen molar-refractivity contribution in [1.29, 1.82) is 0 Å². The fourth-order valence-corrected chi connectivity index (χ4v) is 1.74. The fraction of sp³-hybridized carbons (Fsp3) is 0.364. The van der Waals surface area contributed by atoms with Crippen molar-refractivity contribution in [2.75, 3.05) is 0 Å². The molecule has 2 heteroatoms. The van der Waals surface area contributed by atoms with E-state index in [4.69, 9.17) is 0 Å². The molecule has 0 fully saturated rings. The lowest BCUT2D eigenvalue weighted by Gasteiger charge is -2.27. The minimum atomic E-state index is -1.16. The Hall–Kier alpha value is -1.15. The Morgan fingerprint density at radius 3 is 2.85 bits per heavy atom. The quantitative estimate of drug-likeness (QED) is 0.651. The topological polar surface area (TPSA) is 37.3 Å². The molecule has 1 aliphatic carbocycles. The number of carbonyl (C=O) groups is 1. The van der Waals surface area contributed by atoms with Crippen molar-refractivity contribution in [2.24, 2.45) is 0 Å². The van der Waals surface area contributed by atoms with Crippen LogP contribution in [0, 0.1) is 0 Å². The predicted molar refractivity (Wildman–Crippen MR) is 49.7 cm³/mol. The van der Waals surface area contributed by atoms with Crippen molar-refractivity contribution in [3.8, 4) is 0 Å². The maximum atomic E-state index is 11.7. The Bertz CT molecular complexity index is 353. The van der Waals surface area contributed by atoms with Crippen LogP contribution in [0.25, 0.3) is 0 Å². The van der Waals surface area contributed by atoms with Crippen LogP contribution >= 0.6 is 0 Å². The van der Waals surface area contributed by atoms with Crippen molar-refractivity contribution in [1.82, 2.24) is 0 Å². The number of aliphatic hydroxyl groups is 1. The van der Waals surface area contributed by atoms with E-state index in [1.54, 1.807) is 13.0 Å². The molecule has 1 aromatic rings. The van der Waals surface area contributed by atoms with Gasteiger partial charge in [0.2, 0.25) is 0 Å². The van der Waals surface area contributed by atoms with E-state index in [0.29, 0.717) is 12.0 Å². The van der Waals surface area contributed by atoms with Gasteiger partial charge in [0.15, 0.2) is 5.78 Å². The number of Topliss-reactive ketones (excluding diaryl/α,β-unsaturated/α-hetero) is 1. The zero-order chi connectivity index (χ0) is 9.47. The third-order valence-corrected chi connectivity index (χ3v) is 2.63. The molecule has 0 saturated carbocycles. The molecule has 0 heterocycles. The van der Waals surface area contributed by atoms with Crippen LogP contribution in [0.2, 0.25) is 0 Å². The number of aryl methyl sites for hydroxylation is 1. The van der Waals surface area contributed by atoms with Gasteiger partial charge in [-0.25, -0.2) is 0 Å². The van der Waals surface area contributed by atoms with Crippen molar-refractivity contribution < 1.29 is 9.90 Å². The predicted octanol–water partition coefficient (Wildman–Crippen LogP) is 1.57. The molecule has 1 N–H and O–H groups in total. The SMILES string of the molecule is C[C@]1(O)CCc2ccccc2C1=O. The largest absolute Gasteiger partial charge is 0.382 e. The molecule has 0 aliphatic heterocycles. The molecule has 13 heavy (non-hydrogen) atoms. The van der Waals surface area contributed by atoms with E-state index in [-0.39, 0.29) is 5.78 Å². The zero-order valence-corrected chi connectivity index (χ0v) is 7.58. The molecule has 2 rings (SSSR count). The number of benzene rings is 1. The molecule has 2 nitrogen and oxygen atoms in total. The summed E-state index contributed by atoms with van der Waals surface area (Å²) in [5.41, 5.74) is 0.576. The molecular formula is C11H12O2. The third kappa shape index (κ3) is 1.27. The van der Waals surface area contributed by atoms with Crippen molar-refractivity contribution in [2.45, 2.75) is 25.4 Å². The van der Waals surface area contributed by atoms with Crippen LogP contribution in [0.5, 0.6) is 0 Å². The summed E-state index contributed by atoms with van der Waals surface area (Å²) >= 11 is 0. The van der Waals surface area contributed by atoms with E-state index >= 15 is 0 Å². The first-order valence-corrected chi connectivity index (χ1v) is 4.46. The summed E-state index contributed by atoms with van der Waals surface area (Å²) in [7, 11) is 0. The van der Waals surface area contributed by atoms with Crippen LogP contribution in [0.1, 0.15) is 29.3 Å². The van der Waals surface area contributed by atoms with Gasteiger partial charge in [0.05, 0.1) is 0 Å². The van der Waals surface area contributed by atoms with Gasteiger partial charge in [-0.05, 0) is 25.3 Å². The van der Waals surface area contributed by atoms with Gasteiger partial charge in [-0.1, -0.05) is 24.3 Å². The smallest absolute Gasteiger partial charge is 0.194 e. The lowest BCUT2D eigenvalue weighted by atomic mass is 9.81. The minimum absolute atomic E-state index is 0.144. The number of hydrogen-bond acceptors (Lipinski definition) is 2. The second kappa shape index (κ2) is 2.67. The molecule has 0 spiro atoms. The number of carbonyl (C=O) groups excluding carboxylic acids is 1. The monoisotopic (exact) mass is 176 g/mol. The minimum Gasteiger partial charge on any atom is -0.382 e. The molecule has 0 saturated heterocycles. The Kier molecular flexibility index (Phi) is 1.74. The van der Waals surface area contributed by atoms with Gasteiger partial charge in [-0.2, -0.15) is 0 Å². The van der Waals surface area contributed by atoms with E-state index in [1.165, 1.54) is 0 Å². The lowest BCUT2D eigenvalue weighted by molar-refractivity contribution is 0.0341. The summed E-state index contributed by atoms with van der Waals surface area (Å²) in [6, 6.07) is 7.48. The molecular weight excluding hydrogens is 164 g/mol. The highest BCUT2D eigenvalue weighted by Crippen LogP contribution is 2.27. The number of fused-ring (bicyclic) bond motifs is 1.